The Balaban J connectivity index is 1.45. The number of nitrogens with zero attached hydrogens (tertiary/aromatic N) is 3. The number of phenols is 1. The second-order valence-corrected chi connectivity index (χ2v) is 9.44. The number of aromatic nitrogens is 1. The van der Waals surface area contributed by atoms with Crippen molar-refractivity contribution in [2.75, 3.05) is 7.11 Å². The molecule has 1 aliphatic carbocycles. The first-order valence-electron chi connectivity index (χ1n) is 11.8. The Bertz CT molecular complexity index is 1520. The minimum Gasteiger partial charge on any atom is -0.507 e. The van der Waals surface area contributed by atoms with Gasteiger partial charge >= 0.3 is 0 Å². The number of carbonyl (C=O) groups is 1. The Morgan fingerprint density at radius 3 is 2.68 bits per heavy atom. The van der Waals surface area contributed by atoms with E-state index in [1.807, 2.05) is 53.9 Å². The van der Waals surface area contributed by atoms with Crippen LogP contribution in [0.3, 0.4) is 0 Å². The highest BCUT2D eigenvalue weighted by molar-refractivity contribution is 7.07. The van der Waals surface area contributed by atoms with Crippen LogP contribution in [0.25, 0.3) is 11.3 Å². The molecule has 1 saturated carbocycles. The maximum atomic E-state index is 11.8. The number of thiazole rings is 1. The fourth-order valence-corrected chi connectivity index (χ4v) is 4.60. The van der Waals surface area contributed by atoms with Crippen molar-refractivity contribution < 1.29 is 19.4 Å². The van der Waals surface area contributed by atoms with Crippen molar-refractivity contribution in [1.82, 2.24) is 4.68 Å². The highest BCUT2D eigenvalue weighted by atomic mass is 32.1. The van der Waals surface area contributed by atoms with Gasteiger partial charge in [0.2, 0.25) is 4.80 Å². The molecule has 1 aliphatic rings. The average molecular weight is 515 g/mol. The summed E-state index contributed by atoms with van der Waals surface area (Å²) in [7, 11) is 1.60. The molecule has 8 nitrogen and oxygen atoms in total. The van der Waals surface area contributed by atoms with Crippen LogP contribution in [0.15, 0.2) is 82.2 Å². The van der Waals surface area contributed by atoms with E-state index in [0.29, 0.717) is 29.7 Å². The van der Waals surface area contributed by atoms with Crippen molar-refractivity contribution in [3.63, 3.8) is 0 Å². The third-order valence-electron chi connectivity index (χ3n) is 5.83. The smallest absolute Gasteiger partial charge is 0.252 e. The maximum absolute atomic E-state index is 11.8. The number of hydrogen-bond donors (Lipinski definition) is 2. The maximum Gasteiger partial charge on any atom is 0.252 e. The lowest BCUT2D eigenvalue weighted by atomic mass is 10.1. The first-order valence-corrected chi connectivity index (χ1v) is 12.7. The SMILES string of the molecule is COc1cc(/C=N\n2c(-c3ccc(O)c(C(N)=O)c3)csc2=NC2CC2)ccc1OCc1ccccc1. The standard InChI is InChI=1S/C28H26N4O4S/c1-35-26-13-19(7-12-25(26)36-16-18-5-3-2-4-6-18)15-30-32-23(17-37-28(32)31-21-9-10-21)20-8-11-24(33)22(14-20)27(29)34/h2-8,11-15,17,21,33H,9-10,16H2,1H3,(H2,29,34)/b30-15-,31-28?. The summed E-state index contributed by atoms with van der Waals surface area (Å²) in [5.74, 6) is 0.378. The van der Waals surface area contributed by atoms with Crippen molar-refractivity contribution in [2.45, 2.75) is 25.5 Å². The predicted octanol–water partition coefficient (Wildman–Crippen LogP) is 4.55. The van der Waals surface area contributed by atoms with Gasteiger partial charge in [-0.1, -0.05) is 30.3 Å². The Hall–Kier alpha value is -4.37. The van der Waals surface area contributed by atoms with Gasteiger partial charge in [0, 0.05) is 10.9 Å². The van der Waals surface area contributed by atoms with Crippen molar-refractivity contribution in [1.29, 1.82) is 0 Å². The van der Waals surface area contributed by atoms with Crippen LogP contribution >= 0.6 is 11.3 Å². The van der Waals surface area contributed by atoms with Gasteiger partial charge in [-0.15, -0.1) is 11.3 Å². The van der Waals surface area contributed by atoms with Gasteiger partial charge in [0.1, 0.15) is 12.4 Å². The van der Waals surface area contributed by atoms with E-state index in [1.54, 1.807) is 30.1 Å². The van der Waals surface area contributed by atoms with Gasteiger partial charge in [-0.3, -0.25) is 9.79 Å². The van der Waals surface area contributed by atoms with Crippen molar-refractivity contribution in [3.05, 3.63) is 93.6 Å². The van der Waals surface area contributed by atoms with Crippen LogP contribution in [0.2, 0.25) is 0 Å². The number of rotatable bonds is 9. The van der Waals surface area contributed by atoms with Gasteiger partial charge in [0.25, 0.3) is 5.91 Å². The van der Waals surface area contributed by atoms with Crippen LogP contribution in [0.5, 0.6) is 17.2 Å². The molecule has 9 heteroatoms. The zero-order valence-corrected chi connectivity index (χ0v) is 21.0. The van der Waals surface area contributed by atoms with Crippen LogP contribution < -0.4 is 20.0 Å². The van der Waals surface area contributed by atoms with Gasteiger partial charge in [-0.2, -0.15) is 5.10 Å². The number of carbonyl (C=O) groups excluding carboxylic acids is 1. The largest absolute Gasteiger partial charge is 0.507 e. The number of primary amides is 1. The summed E-state index contributed by atoms with van der Waals surface area (Å²) < 4.78 is 13.3. The number of hydrogen-bond acceptors (Lipinski definition) is 7. The van der Waals surface area contributed by atoms with Crippen LogP contribution in [-0.4, -0.2) is 35.1 Å². The molecule has 0 radical (unpaired) electrons. The van der Waals surface area contributed by atoms with Gasteiger partial charge in [-0.05, 0) is 60.4 Å². The van der Waals surface area contributed by atoms with Crippen LogP contribution in [0.4, 0.5) is 0 Å². The van der Waals surface area contributed by atoms with Gasteiger partial charge in [-0.25, -0.2) is 4.68 Å². The van der Waals surface area contributed by atoms with E-state index < -0.39 is 5.91 Å². The monoisotopic (exact) mass is 514 g/mol. The molecule has 0 bridgehead atoms. The molecule has 3 aromatic carbocycles. The van der Waals surface area contributed by atoms with E-state index in [0.717, 1.165) is 34.5 Å². The van der Waals surface area contributed by atoms with Crippen LogP contribution in [-0.2, 0) is 6.61 Å². The Labute approximate surface area is 218 Å². The summed E-state index contributed by atoms with van der Waals surface area (Å²) >= 11 is 1.47. The van der Waals surface area contributed by atoms with E-state index in [-0.39, 0.29) is 11.3 Å². The van der Waals surface area contributed by atoms with Gasteiger partial charge < -0.3 is 20.3 Å². The quantitative estimate of drug-likeness (QED) is 0.319. The number of amides is 1. The molecule has 0 atom stereocenters. The minimum absolute atomic E-state index is 0.0516. The molecular weight excluding hydrogens is 488 g/mol. The Morgan fingerprint density at radius 2 is 1.95 bits per heavy atom. The molecule has 188 valence electrons. The number of methoxy groups -OCH3 is 1. The second-order valence-electron chi connectivity index (χ2n) is 8.60. The van der Waals surface area contributed by atoms with Gasteiger partial charge in [0.05, 0.1) is 30.6 Å². The fourth-order valence-electron chi connectivity index (χ4n) is 3.69. The van der Waals surface area contributed by atoms with E-state index in [9.17, 15) is 9.90 Å². The van der Waals surface area contributed by atoms with Crippen molar-refractivity contribution >= 4 is 23.5 Å². The third-order valence-corrected chi connectivity index (χ3v) is 6.66. The molecule has 0 saturated heterocycles. The summed E-state index contributed by atoms with van der Waals surface area (Å²) in [6.07, 6.45) is 3.84. The lowest BCUT2D eigenvalue weighted by Gasteiger charge is -2.11. The number of aromatic hydroxyl groups is 1. The summed E-state index contributed by atoms with van der Waals surface area (Å²) in [5, 5.41) is 16.7. The van der Waals surface area contributed by atoms with E-state index in [2.05, 4.69) is 0 Å². The summed E-state index contributed by atoms with van der Waals surface area (Å²) in [5.41, 5.74) is 8.80. The van der Waals surface area contributed by atoms with Crippen LogP contribution in [0.1, 0.15) is 34.3 Å². The lowest BCUT2D eigenvalue weighted by Crippen LogP contribution is -2.14. The molecule has 1 amide bonds. The molecule has 37 heavy (non-hydrogen) atoms. The fraction of sp³-hybridized carbons (Fsp3) is 0.179. The summed E-state index contributed by atoms with van der Waals surface area (Å²) in [6, 6.07) is 20.6. The zero-order valence-electron chi connectivity index (χ0n) is 20.2. The van der Waals surface area contributed by atoms with Crippen molar-refractivity contribution in [2.24, 2.45) is 15.8 Å². The average Bonchev–Trinajstić information content (AvgIpc) is 3.65. The zero-order chi connectivity index (χ0) is 25.8. The number of benzene rings is 3. The first-order chi connectivity index (χ1) is 18.0. The van der Waals surface area contributed by atoms with E-state index in [4.69, 9.17) is 25.3 Å². The first kappa shape index (κ1) is 24.3. The highest BCUT2D eigenvalue weighted by Gasteiger charge is 2.21. The molecule has 4 aromatic rings. The molecule has 1 fully saturated rings. The normalized spacial score (nSPS) is 13.7. The molecular formula is C28H26N4O4S. The number of nitrogens with two attached hydrogens (primary N) is 1. The Kier molecular flexibility index (Phi) is 7.04. The molecule has 0 unspecified atom stereocenters. The summed E-state index contributed by atoms with van der Waals surface area (Å²) in [6.45, 7) is 0.435. The van der Waals surface area contributed by atoms with E-state index in [1.165, 1.54) is 17.4 Å². The molecule has 1 aromatic heterocycles. The molecule has 1 heterocycles. The molecule has 0 spiro atoms. The van der Waals surface area contributed by atoms with Crippen LogP contribution in [0, 0.1) is 0 Å². The van der Waals surface area contributed by atoms with Gasteiger partial charge in [0.15, 0.2) is 11.5 Å². The van der Waals surface area contributed by atoms with E-state index >= 15 is 0 Å². The molecule has 3 N–H and O–H groups in total. The van der Waals surface area contributed by atoms with Crippen molar-refractivity contribution in [3.8, 4) is 28.5 Å². The number of ether oxygens (including phenoxy) is 2. The highest BCUT2D eigenvalue weighted by Crippen LogP contribution is 2.30. The molecule has 0 aliphatic heterocycles. The third kappa shape index (κ3) is 5.73. The summed E-state index contributed by atoms with van der Waals surface area (Å²) in [4.78, 5) is 17.3. The second kappa shape index (κ2) is 10.7. The Morgan fingerprint density at radius 1 is 1.14 bits per heavy atom. The molecule has 5 rings (SSSR count). The predicted molar refractivity (Wildman–Crippen MR) is 143 cm³/mol. The minimum atomic E-state index is -0.700. The lowest BCUT2D eigenvalue weighted by molar-refractivity contribution is 0.0998. The topological polar surface area (TPSA) is 111 Å².